The summed E-state index contributed by atoms with van der Waals surface area (Å²) < 4.78 is 25.2. The number of carbonyl (C=O) groups is 2. The summed E-state index contributed by atoms with van der Waals surface area (Å²) in [7, 11) is 1.87. The summed E-state index contributed by atoms with van der Waals surface area (Å²) in [6.07, 6.45) is 9.27. The van der Waals surface area contributed by atoms with Gasteiger partial charge in [-0.2, -0.15) is 0 Å². The van der Waals surface area contributed by atoms with Crippen molar-refractivity contribution >= 4 is 22.7 Å². The van der Waals surface area contributed by atoms with Crippen LogP contribution in [-0.4, -0.2) is 85.4 Å². The Morgan fingerprint density at radius 3 is 2.50 bits per heavy atom. The predicted molar refractivity (Wildman–Crippen MR) is 152 cm³/mol. The fraction of sp³-hybridized carbons (Fsp3) is 0.613. The van der Waals surface area contributed by atoms with Crippen molar-refractivity contribution in [1.82, 2.24) is 9.47 Å². The molecule has 1 aliphatic carbocycles. The molecule has 1 aliphatic heterocycles. The van der Waals surface area contributed by atoms with Crippen molar-refractivity contribution in [3.63, 3.8) is 0 Å². The van der Waals surface area contributed by atoms with E-state index < -0.39 is 6.29 Å². The van der Waals surface area contributed by atoms with Crippen molar-refractivity contribution in [2.75, 3.05) is 46.7 Å². The second-order valence-electron chi connectivity index (χ2n) is 10.6. The van der Waals surface area contributed by atoms with Crippen LogP contribution in [0.1, 0.15) is 68.6 Å². The van der Waals surface area contributed by atoms with Gasteiger partial charge in [0, 0.05) is 56.6 Å². The van der Waals surface area contributed by atoms with E-state index in [0.29, 0.717) is 38.6 Å². The molecule has 0 radical (unpaired) electrons. The van der Waals surface area contributed by atoms with Crippen molar-refractivity contribution in [1.29, 1.82) is 0 Å². The molecular formula is C31H44N2O7. The molecule has 2 aromatic rings. The minimum absolute atomic E-state index is 0.0195. The summed E-state index contributed by atoms with van der Waals surface area (Å²) in [6.45, 7) is 5.42. The number of aliphatic hydroxyl groups excluding tert-OH is 1. The molecule has 40 heavy (non-hydrogen) atoms. The highest BCUT2D eigenvalue weighted by Gasteiger charge is 2.40. The molecule has 0 unspecified atom stereocenters. The minimum atomic E-state index is -0.646. The van der Waals surface area contributed by atoms with E-state index in [0.717, 1.165) is 42.1 Å². The van der Waals surface area contributed by atoms with Crippen molar-refractivity contribution in [2.45, 2.75) is 70.6 Å². The second-order valence-corrected chi connectivity index (χ2v) is 10.6. The van der Waals surface area contributed by atoms with Crippen molar-refractivity contribution < 1.29 is 33.6 Å². The topological polar surface area (TPSA) is 99.5 Å². The van der Waals surface area contributed by atoms with E-state index >= 15 is 0 Å². The first-order chi connectivity index (χ1) is 19.5. The Kier molecular flexibility index (Phi) is 11.2. The molecule has 2 heterocycles. The van der Waals surface area contributed by atoms with Crippen molar-refractivity contribution in [3.8, 4) is 0 Å². The smallest absolute Gasteiger partial charge is 0.288 e. The van der Waals surface area contributed by atoms with Gasteiger partial charge >= 0.3 is 0 Å². The van der Waals surface area contributed by atoms with Crippen LogP contribution in [0.25, 0.3) is 10.9 Å². The van der Waals surface area contributed by atoms with Crippen LogP contribution in [0.15, 0.2) is 42.3 Å². The Bertz CT molecular complexity index is 1150. The average Bonchev–Trinajstić information content (AvgIpc) is 3.37. The standard InChI is InChI=1S/C31H44N2O7/c1-4-39-31-25(14-16-37-18-19-38-17-15-34)26(27-21-33(22(2)35)28-13-9-8-12-24(27)28)20-29(40-31)30(36)32(3)23-10-6-5-7-11-23/h8-9,12-13,20-21,23,25-26,31,34H,4-7,10-11,14-19H2,1-3H3/t25-,26-,31+/m0/s1. The molecule has 9 nitrogen and oxygen atoms in total. The van der Waals surface area contributed by atoms with E-state index in [1.54, 1.807) is 11.5 Å². The van der Waals surface area contributed by atoms with E-state index in [9.17, 15) is 9.59 Å². The Hall–Kier alpha value is -2.72. The van der Waals surface area contributed by atoms with Gasteiger partial charge in [0.15, 0.2) is 5.76 Å². The zero-order valence-corrected chi connectivity index (χ0v) is 24.0. The summed E-state index contributed by atoms with van der Waals surface area (Å²) >= 11 is 0. The van der Waals surface area contributed by atoms with Crippen molar-refractivity contribution in [2.24, 2.45) is 5.92 Å². The predicted octanol–water partition coefficient (Wildman–Crippen LogP) is 4.48. The Morgan fingerprint density at radius 2 is 1.80 bits per heavy atom. The van der Waals surface area contributed by atoms with Crippen LogP contribution in [0.5, 0.6) is 0 Å². The molecule has 1 saturated carbocycles. The monoisotopic (exact) mass is 556 g/mol. The maximum absolute atomic E-state index is 13.8. The highest BCUT2D eigenvalue weighted by Crippen LogP contribution is 2.42. The molecule has 1 N–H and O–H groups in total. The third kappa shape index (κ3) is 7.13. The molecule has 2 aliphatic rings. The molecule has 220 valence electrons. The highest BCUT2D eigenvalue weighted by molar-refractivity contribution is 5.95. The molecule has 9 heteroatoms. The quantitative estimate of drug-likeness (QED) is 0.363. The third-order valence-electron chi connectivity index (χ3n) is 8.01. The third-order valence-corrected chi connectivity index (χ3v) is 8.01. The van der Waals surface area contributed by atoms with Gasteiger partial charge in [0.1, 0.15) is 0 Å². The van der Waals surface area contributed by atoms with E-state index in [4.69, 9.17) is 24.1 Å². The number of carbonyl (C=O) groups excluding carboxylic acids is 2. The van der Waals surface area contributed by atoms with E-state index in [1.807, 2.05) is 55.4 Å². The number of amides is 1. The Labute approximate surface area is 237 Å². The maximum atomic E-state index is 13.8. The number of nitrogens with zero attached hydrogens (tertiary/aromatic N) is 2. The zero-order chi connectivity index (χ0) is 28.5. The molecule has 1 aromatic heterocycles. The fourth-order valence-corrected chi connectivity index (χ4v) is 5.93. The van der Waals surface area contributed by atoms with Gasteiger partial charge in [0.25, 0.3) is 5.91 Å². The van der Waals surface area contributed by atoms with E-state index in [1.165, 1.54) is 6.42 Å². The number of benzene rings is 1. The molecule has 1 aromatic carbocycles. The summed E-state index contributed by atoms with van der Waals surface area (Å²) in [4.78, 5) is 28.1. The summed E-state index contributed by atoms with van der Waals surface area (Å²) in [5, 5.41) is 9.85. The van der Waals surface area contributed by atoms with Crippen molar-refractivity contribution in [3.05, 3.63) is 47.9 Å². The zero-order valence-electron chi connectivity index (χ0n) is 24.0. The molecule has 1 fully saturated rings. The average molecular weight is 557 g/mol. The number of allylic oxidation sites excluding steroid dienone is 1. The first kappa shape index (κ1) is 30.2. The molecule has 0 bridgehead atoms. The number of aliphatic hydroxyl groups is 1. The molecule has 3 atom stereocenters. The number of rotatable bonds is 13. The van der Waals surface area contributed by atoms with Crippen LogP contribution in [-0.2, 0) is 23.7 Å². The maximum Gasteiger partial charge on any atom is 0.288 e. The van der Waals surface area contributed by atoms with Gasteiger partial charge in [-0.05, 0) is 43.9 Å². The number of likely N-dealkylation sites (N-methyl/N-ethyl adjacent to an activating group) is 1. The lowest BCUT2D eigenvalue weighted by molar-refractivity contribution is -0.172. The molecule has 1 amide bonds. The first-order valence-corrected chi connectivity index (χ1v) is 14.6. The largest absolute Gasteiger partial charge is 0.459 e. The van der Waals surface area contributed by atoms with Gasteiger partial charge in [-0.3, -0.25) is 14.2 Å². The molecule has 0 spiro atoms. The van der Waals surface area contributed by atoms with Gasteiger partial charge in [0.05, 0.1) is 31.9 Å². The number of fused-ring (bicyclic) bond motifs is 1. The fourth-order valence-electron chi connectivity index (χ4n) is 5.93. The van der Waals surface area contributed by atoms with Gasteiger partial charge in [-0.1, -0.05) is 37.5 Å². The lowest BCUT2D eigenvalue weighted by Gasteiger charge is -2.38. The van der Waals surface area contributed by atoms with Gasteiger partial charge < -0.3 is 29.0 Å². The van der Waals surface area contributed by atoms with Crippen LogP contribution in [0, 0.1) is 5.92 Å². The molecule has 0 saturated heterocycles. The van der Waals surface area contributed by atoms with Gasteiger partial charge in [0.2, 0.25) is 12.2 Å². The van der Waals surface area contributed by atoms with Gasteiger partial charge in [-0.15, -0.1) is 0 Å². The number of para-hydroxylation sites is 1. The SMILES string of the molecule is CCO[C@@H]1OC(C(=O)N(C)C2CCCCC2)=C[C@H](c2cn(C(C)=O)c3ccccc23)[C@@H]1CCOCCOCCO. The van der Waals surface area contributed by atoms with Crippen LogP contribution >= 0.6 is 0 Å². The molecule has 4 rings (SSSR count). The Balaban J connectivity index is 1.67. The van der Waals surface area contributed by atoms with E-state index in [2.05, 4.69) is 0 Å². The second kappa shape index (κ2) is 14.8. The number of hydrogen-bond acceptors (Lipinski definition) is 7. The van der Waals surface area contributed by atoms with Crippen LogP contribution in [0.2, 0.25) is 0 Å². The number of aromatic nitrogens is 1. The minimum Gasteiger partial charge on any atom is -0.459 e. The van der Waals surface area contributed by atoms with E-state index in [-0.39, 0.29) is 42.9 Å². The summed E-state index contributed by atoms with van der Waals surface area (Å²) in [6, 6.07) is 8.05. The Morgan fingerprint density at radius 1 is 1.07 bits per heavy atom. The molecular weight excluding hydrogens is 512 g/mol. The van der Waals surface area contributed by atoms with Crippen LogP contribution < -0.4 is 0 Å². The number of ether oxygens (including phenoxy) is 4. The summed E-state index contributed by atoms with van der Waals surface area (Å²) in [5.74, 6) is -0.292. The lowest BCUT2D eigenvalue weighted by atomic mass is 9.81. The highest BCUT2D eigenvalue weighted by atomic mass is 16.7. The number of hydrogen-bond donors (Lipinski definition) is 1. The normalized spacial score (nSPS) is 21.7. The van der Waals surface area contributed by atoms with Gasteiger partial charge in [-0.25, -0.2) is 0 Å². The van der Waals surface area contributed by atoms with Crippen LogP contribution in [0.4, 0.5) is 0 Å². The summed E-state index contributed by atoms with van der Waals surface area (Å²) in [5.41, 5.74) is 1.79. The first-order valence-electron chi connectivity index (χ1n) is 14.6. The lowest BCUT2D eigenvalue weighted by Crippen LogP contribution is -2.43. The van der Waals surface area contributed by atoms with Crippen LogP contribution in [0.3, 0.4) is 0 Å².